The number of ether oxygens (including phenoxy) is 2. The lowest BCUT2D eigenvalue weighted by Gasteiger charge is -2.46. The third-order valence-electron chi connectivity index (χ3n) is 5.36. The Kier molecular flexibility index (Phi) is 4.13. The lowest BCUT2D eigenvalue weighted by Crippen LogP contribution is -2.55. The molecule has 0 aromatic carbocycles. The van der Waals surface area contributed by atoms with Gasteiger partial charge in [-0.25, -0.2) is 0 Å². The molecule has 0 aromatic rings. The number of likely N-dealkylation sites (tertiary alicyclic amines) is 1. The summed E-state index contributed by atoms with van der Waals surface area (Å²) in [7, 11) is 2.09. The van der Waals surface area contributed by atoms with Crippen molar-refractivity contribution in [3.05, 3.63) is 0 Å². The van der Waals surface area contributed by atoms with Crippen LogP contribution in [0.25, 0.3) is 0 Å². The maximum absolute atomic E-state index is 6.05. The molecular formula is C15H28N2O2. The molecule has 4 heteroatoms. The third kappa shape index (κ3) is 2.82. The Labute approximate surface area is 116 Å². The van der Waals surface area contributed by atoms with Crippen molar-refractivity contribution in [2.24, 2.45) is 5.92 Å². The average Bonchev–Trinajstić information content (AvgIpc) is 2.86. The van der Waals surface area contributed by atoms with Crippen LogP contribution in [0.1, 0.15) is 32.6 Å². The molecule has 0 bridgehead atoms. The Balaban J connectivity index is 1.60. The lowest BCUT2D eigenvalue weighted by molar-refractivity contribution is -0.110. The van der Waals surface area contributed by atoms with Gasteiger partial charge in [-0.2, -0.15) is 0 Å². The minimum Gasteiger partial charge on any atom is -0.378 e. The van der Waals surface area contributed by atoms with Crippen LogP contribution in [0.5, 0.6) is 0 Å². The molecule has 0 aromatic heterocycles. The molecule has 3 rings (SSSR count). The Bertz CT molecular complexity index is 305. The van der Waals surface area contributed by atoms with Crippen molar-refractivity contribution in [2.75, 3.05) is 40.0 Å². The normalized spacial score (nSPS) is 44.8. The molecule has 1 N–H and O–H groups in total. The fourth-order valence-corrected chi connectivity index (χ4v) is 4.12. The Morgan fingerprint density at radius 2 is 2.16 bits per heavy atom. The van der Waals surface area contributed by atoms with Gasteiger partial charge in [0, 0.05) is 38.3 Å². The summed E-state index contributed by atoms with van der Waals surface area (Å²) in [5, 5.41) is 3.45. The zero-order valence-electron chi connectivity index (χ0n) is 12.4. The molecular weight excluding hydrogens is 240 g/mol. The summed E-state index contributed by atoms with van der Waals surface area (Å²) >= 11 is 0. The van der Waals surface area contributed by atoms with Crippen molar-refractivity contribution in [1.82, 2.24) is 10.2 Å². The maximum atomic E-state index is 6.05. The minimum atomic E-state index is 0.0476. The highest BCUT2D eigenvalue weighted by Gasteiger charge is 2.43. The van der Waals surface area contributed by atoms with Crippen LogP contribution in [0.15, 0.2) is 0 Å². The van der Waals surface area contributed by atoms with E-state index in [0.717, 1.165) is 32.2 Å². The van der Waals surface area contributed by atoms with Crippen molar-refractivity contribution in [1.29, 1.82) is 0 Å². The predicted molar refractivity (Wildman–Crippen MR) is 75.3 cm³/mol. The largest absolute Gasteiger partial charge is 0.378 e. The molecule has 110 valence electrons. The zero-order valence-corrected chi connectivity index (χ0v) is 12.4. The maximum Gasteiger partial charge on any atom is 0.0951 e. The van der Waals surface area contributed by atoms with E-state index in [4.69, 9.17) is 9.47 Å². The number of nitrogens with one attached hydrogen (secondary N) is 1. The van der Waals surface area contributed by atoms with E-state index in [9.17, 15) is 0 Å². The van der Waals surface area contributed by atoms with E-state index >= 15 is 0 Å². The van der Waals surface area contributed by atoms with Gasteiger partial charge in [-0.05, 0) is 38.8 Å². The van der Waals surface area contributed by atoms with Crippen LogP contribution >= 0.6 is 0 Å². The molecule has 3 fully saturated rings. The molecule has 3 heterocycles. The standard InChI is InChI=1S/C15H28N2O2/c1-12-10-17(6-3-14(12)16-2)13-4-7-19-15(9-13)5-8-18-11-15/h12-14,16H,3-11H2,1-2H3. The lowest BCUT2D eigenvalue weighted by atomic mass is 9.86. The van der Waals surface area contributed by atoms with Crippen LogP contribution in [0.2, 0.25) is 0 Å². The molecule has 0 aliphatic carbocycles. The van der Waals surface area contributed by atoms with Gasteiger partial charge in [0.15, 0.2) is 0 Å². The van der Waals surface area contributed by atoms with Crippen LogP contribution in [0.4, 0.5) is 0 Å². The molecule has 4 unspecified atom stereocenters. The highest BCUT2D eigenvalue weighted by molar-refractivity contribution is 4.95. The van der Waals surface area contributed by atoms with Gasteiger partial charge in [-0.3, -0.25) is 4.90 Å². The van der Waals surface area contributed by atoms with Crippen LogP contribution in [0.3, 0.4) is 0 Å². The van der Waals surface area contributed by atoms with Gasteiger partial charge >= 0.3 is 0 Å². The van der Waals surface area contributed by atoms with E-state index in [1.165, 1.54) is 32.4 Å². The molecule has 3 aliphatic rings. The van der Waals surface area contributed by atoms with Gasteiger partial charge in [-0.15, -0.1) is 0 Å². The number of nitrogens with zero attached hydrogens (tertiary/aromatic N) is 1. The van der Waals surface area contributed by atoms with Crippen molar-refractivity contribution < 1.29 is 9.47 Å². The van der Waals surface area contributed by atoms with Crippen LogP contribution in [-0.4, -0.2) is 62.5 Å². The Morgan fingerprint density at radius 1 is 1.26 bits per heavy atom. The van der Waals surface area contributed by atoms with E-state index in [1.807, 2.05) is 0 Å². The minimum absolute atomic E-state index is 0.0476. The van der Waals surface area contributed by atoms with Gasteiger partial charge in [0.25, 0.3) is 0 Å². The quantitative estimate of drug-likeness (QED) is 0.817. The SMILES string of the molecule is CNC1CCN(C2CCOC3(CCOC3)C2)CC1C. The number of hydrogen-bond acceptors (Lipinski definition) is 4. The Hall–Kier alpha value is -0.160. The molecule has 4 atom stereocenters. The second-order valence-electron chi connectivity index (χ2n) is 6.64. The smallest absolute Gasteiger partial charge is 0.0951 e. The molecule has 3 aliphatic heterocycles. The van der Waals surface area contributed by atoms with Crippen LogP contribution in [-0.2, 0) is 9.47 Å². The highest BCUT2D eigenvalue weighted by atomic mass is 16.6. The van der Waals surface area contributed by atoms with Crippen molar-refractivity contribution >= 4 is 0 Å². The van der Waals surface area contributed by atoms with Crippen LogP contribution < -0.4 is 5.32 Å². The summed E-state index contributed by atoms with van der Waals surface area (Å²) < 4.78 is 11.6. The fourth-order valence-electron chi connectivity index (χ4n) is 4.12. The molecule has 3 saturated heterocycles. The number of hydrogen-bond donors (Lipinski definition) is 1. The monoisotopic (exact) mass is 268 g/mol. The highest BCUT2D eigenvalue weighted by Crippen LogP contribution is 2.35. The molecule has 19 heavy (non-hydrogen) atoms. The predicted octanol–water partition coefficient (Wildman–Crippen LogP) is 1.25. The molecule has 0 saturated carbocycles. The number of rotatable bonds is 2. The van der Waals surface area contributed by atoms with Crippen LogP contribution in [0, 0.1) is 5.92 Å². The van der Waals surface area contributed by atoms with Gasteiger partial charge in [0.2, 0.25) is 0 Å². The first-order chi connectivity index (χ1) is 9.22. The molecule has 0 radical (unpaired) electrons. The van der Waals surface area contributed by atoms with Gasteiger partial charge in [0.05, 0.1) is 12.2 Å². The van der Waals surface area contributed by atoms with E-state index < -0.39 is 0 Å². The summed E-state index contributed by atoms with van der Waals surface area (Å²) in [6.07, 6.45) is 4.73. The molecule has 0 amide bonds. The van der Waals surface area contributed by atoms with E-state index in [0.29, 0.717) is 12.1 Å². The first kappa shape index (κ1) is 13.8. The summed E-state index contributed by atoms with van der Waals surface area (Å²) in [5.41, 5.74) is 0.0476. The summed E-state index contributed by atoms with van der Waals surface area (Å²) in [6.45, 7) is 7.44. The fraction of sp³-hybridized carbons (Fsp3) is 1.00. The van der Waals surface area contributed by atoms with E-state index in [2.05, 4.69) is 24.2 Å². The van der Waals surface area contributed by atoms with Gasteiger partial charge in [0.1, 0.15) is 0 Å². The molecule has 1 spiro atoms. The van der Waals surface area contributed by atoms with Crippen molar-refractivity contribution in [3.8, 4) is 0 Å². The topological polar surface area (TPSA) is 33.7 Å². The summed E-state index contributed by atoms with van der Waals surface area (Å²) in [6, 6.07) is 1.40. The van der Waals surface area contributed by atoms with E-state index in [1.54, 1.807) is 0 Å². The Morgan fingerprint density at radius 3 is 2.84 bits per heavy atom. The first-order valence-electron chi connectivity index (χ1n) is 7.85. The third-order valence-corrected chi connectivity index (χ3v) is 5.36. The second kappa shape index (κ2) is 5.68. The average molecular weight is 268 g/mol. The first-order valence-corrected chi connectivity index (χ1v) is 7.85. The summed E-state index contributed by atoms with van der Waals surface area (Å²) in [5.74, 6) is 0.748. The summed E-state index contributed by atoms with van der Waals surface area (Å²) in [4.78, 5) is 2.71. The van der Waals surface area contributed by atoms with E-state index in [-0.39, 0.29) is 5.60 Å². The van der Waals surface area contributed by atoms with Crippen molar-refractivity contribution in [3.63, 3.8) is 0 Å². The van der Waals surface area contributed by atoms with Gasteiger partial charge < -0.3 is 14.8 Å². The number of piperidine rings is 1. The second-order valence-corrected chi connectivity index (χ2v) is 6.64. The van der Waals surface area contributed by atoms with Gasteiger partial charge in [-0.1, -0.05) is 6.92 Å². The molecule has 4 nitrogen and oxygen atoms in total. The van der Waals surface area contributed by atoms with Crippen molar-refractivity contribution in [2.45, 2.75) is 50.3 Å². The zero-order chi connectivity index (χ0) is 13.3.